The molecule has 0 nitrogen and oxygen atoms in total. The second kappa shape index (κ2) is 5.65. The van der Waals surface area contributed by atoms with Crippen molar-refractivity contribution in [2.45, 2.75) is 19.4 Å². The summed E-state index contributed by atoms with van der Waals surface area (Å²) in [5, 5.41) is 0. The van der Waals surface area contributed by atoms with Gasteiger partial charge in [-0.3, -0.25) is 0 Å². The average molecular weight is 138 g/mol. The molecule has 1 unspecified atom stereocenters. The van der Waals surface area contributed by atoms with Gasteiger partial charge in [0.15, 0.2) is 0 Å². The van der Waals surface area contributed by atoms with Crippen molar-refractivity contribution in [2.24, 2.45) is 5.92 Å². The van der Waals surface area contributed by atoms with Crippen molar-refractivity contribution in [1.29, 1.82) is 0 Å². The maximum Gasteiger partial charge on any atom is 0.0175 e. The molecule has 0 bridgehead atoms. The molecule has 0 rings (SSSR count). The van der Waals surface area contributed by atoms with Gasteiger partial charge in [0, 0.05) is 16.2 Å². The quantitative estimate of drug-likeness (QED) is 0.394. The van der Waals surface area contributed by atoms with E-state index in [0.717, 1.165) is 0 Å². The van der Waals surface area contributed by atoms with Crippen LogP contribution in [0.15, 0.2) is 12.7 Å². The van der Waals surface area contributed by atoms with E-state index in [-0.39, 0.29) is 0 Å². The molecule has 1 heteroatoms. The lowest BCUT2D eigenvalue weighted by Gasteiger charge is -1.96. The topological polar surface area (TPSA) is 0 Å². The van der Waals surface area contributed by atoms with Crippen molar-refractivity contribution in [3.05, 3.63) is 12.7 Å². The highest BCUT2D eigenvalue weighted by atomic mass is 28.1. The minimum Gasteiger partial charge on any atom is -0.0954 e. The van der Waals surface area contributed by atoms with E-state index in [1.165, 1.54) is 22.7 Å². The summed E-state index contributed by atoms with van der Waals surface area (Å²) in [4.78, 5) is 0. The molecule has 0 saturated carbocycles. The van der Waals surface area contributed by atoms with Crippen LogP contribution in [0.4, 0.5) is 0 Å². The molecule has 0 aromatic heterocycles. The third-order valence-corrected chi connectivity index (χ3v) is 1.73. The van der Waals surface area contributed by atoms with E-state index in [2.05, 4.69) is 25.3 Å². The zero-order chi connectivity index (χ0) is 7.11. The molecule has 0 aromatic rings. The fourth-order valence-electron chi connectivity index (χ4n) is 0.706. The Kier molecular flexibility index (Phi) is 5.35. The Balaban J connectivity index is 3.47. The molecule has 0 radical (unpaired) electrons. The first kappa shape index (κ1) is 8.52. The van der Waals surface area contributed by atoms with Crippen LogP contribution in [-0.2, 0) is 0 Å². The summed E-state index contributed by atoms with van der Waals surface area (Å²) < 4.78 is 0. The number of allylic oxidation sites excluding steroid dienone is 1. The second-order valence-corrected chi connectivity index (χ2v) is 3.18. The first-order chi connectivity index (χ1) is 4.31. The zero-order valence-corrected chi connectivity index (χ0v) is 8.28. The van der Waals surface area contributed by atoms with Crippen LogP contribution in [-0.4, -0.2) is 10.2 Å². The monoisotopic (exact) mass is 138 g/mol. The third-order valence-electron chi connectivity index (χ3n) is 1.15. The Bertz CT molecular complexity index is 127. The molecule has 0 spiro atoms. The molecule has 0 N–H and O–H groups in total. The van der Waals surface area contributed by atoms with Crippen molar-refractivity contribution >= 4 is 10.2 Å². The molecule has 50 valence electrons. The van der Waals surface area contributed by atoms with Crippen molar-refractivity contribution in [1.82, 2.24) is 0 Å². The molecular formula is C8H14Si. The van der Waals surface area contributed by atoms with E-state index in [4.69, 9.17) is 0 Å². The smallest absolute Gasteiger partial charge is 0.0175 e. The lowest BCUT2D eigenvalue weighted by atomic mass is 10.1. The van der Waals surface area contributed by atoms with Crippen molar-refractivity contribution in [3.8, 4) is 11.8 Å². The van der Waals surface area contributed by atoms with Crippen LogP contribution in [0.5, 0.6) is 0 Å². The van der Waals surface area contributed by atoms with Crippen LogP contribution >= 0.6 is 0 Å². The van der Waals surface area contributed by atoms with Gasteiger partial charge in [0.1, 0.15) is 0 Å². The fraction of sp³-hybridized carbons (Fsp3) is 0.500. The fourth-order valence-corrected chi connectivity index (χ4v) is 1.57. The van der Waals surface area contributed by atoms with E-state index in [0.29, 0.717) is 5.92 Å². The number of rotatable bonds is 2. The van der Waals surface area contributed by atoms with Gasteiger partial charge in [-0.2, -0.15) is 0 Å². The Hall–Kier alpha value is -0.483. The van der Waals surface area contributed by atoms with Gasteiger partial charge in [-0.05, 0) is 12.5 Å². The zero-order valence-electron chi connectivity index (χ0n) is 6.28. The van der Waals surface area contributed by atoms with Crippen LogP contribution in [0.2, 0.25) is 6.04 Å². The first-order valence-electron chi connectivity index (χ1n) is 3.43. The predicted molar refractivity (Wildman–Crippen MR) is 46.5 cm³/mol. The van der Waals surface area contributed by atoms with Gasteiger partial charge in [-0.15, -0.1) is 0 Å². The molecule has 0 aliphatic heterocycles. The maximum atomic E-state index is 3.53. The van der Waals surface area contributed by atoms with Gasteiger partial charge in [0.05, 0.1) is 0 Å². The average Bonchev–Trinajstić information content (AvgIpc) is 1.85. The molecule has 0 saturated heterocycles. The Morgan fingerprint density at radius 1 is 1.78 bits per heavy atom. The summed E-state index contributed by atoms with van der Waals surface area (Å²) in [6.45, 7) is 5.69. The Labute approximate surface area is 60.8 Å². The largest absolute Gasteiger partial charge is 0.0954 e. The maximum absolute atomic E-state index is 3.53. The highest BCUT2D eigenvalue weighted by molar-refractivity contribution is 6.08. The molecule has 0 aliphatic carbocycles. The lowest BCUT2D eigenvalue weighted by molar-refractivity contribution is 0.723. The third kappa shape index (κ3) is 5.39. The molecule has 9 heavy (non-hydrogen) atoms. The number of hydrogen-bond acceptors (Lipinski definition) is 0. The first-order valence-corrected chi connectivity index (χ1v) is 4.84. The predicted octanol–water partition coefficient (Wildman–Crippen LogP) is 0.986. The van der Waals surface area contributed by atoms with Crippen molar-refractivity contribution in [3.63, 3.8) is 0 Å². The second-order valence-electron chi connectivity index (χ2n) is 2.18. The van der Waals surface area contributed by atoms with Crippen LogP contribution < -0.4 is 0 Å². The van der Waals surface area contributed by atoms with E-state index < -0.39 is 0 Å². The van der Waals surface area contributed by atoms with Gasteiger partial charge < -0.3 is 0 Å². The normalized spacial score (nSPS) is 11.7. The van der Waals surface area contributed by atoms with Gasteiger partial charge in [0.25, 0.3) is 0 Å². The molecule has 1 atom stereocenters. The number of hydrogen-bond donors (Lipinski definition) is 0. The van der Waals surface area contributed by atoms with Gasteiger partial charge >= 0.3 is 0 Å². The van der Waals surface area contributed by atoms with Crippen molar-refractivity contribution < 1.29 is 0 Å². The van der Waals surface area contributed by atoms with Gasteiger partial charge in [-0.1, -0.05) is 31.4 Å². The molecule has 0 heterocycles. The standard InChI is InChI=1S/C8H14Si/c1-3-4-5-8(2)6-7-9/h3,8H,1,6-7H2,2,9H3. The van der Waals surface area contributed by atoms with Crippen LogP contribution in [0, 0.1) is 17.8 Å². The Morgan fingerprint density at radius 3 is 2.89 bits per heavy atom. The molecule has 0 aromatic carbocycles. The van der Waals surface area contributed by atoms with Crippen LogP contribution in [0.3, 0.4) is 0 Å². The highest BCUT2D eigenvalue weighted by Crippen LogP contribution is 2.00. The molecular weight excluding hydrogens is 124 g/mol. The molecule has 0 fully saturated rings. The highest BCUT2D eigenvalue weighted by Gasteiger charge is 1.90. The van der Waals surface area contributed by atoms with Gasteiger partial charge in [0.2, 0.25) is 0 Å². The summed E-state index contributed by atoms with van der Waals surface area (Å²) in [6.07, 6.45) is 2.91. The van der Waals surface area contributed by atoms with E-state index in [1.54, 1.807) is 6.08 Å². The van der Waals surface area contributed by atoms with E-state index >= 15 is 0 Å². The summed E-state index contributed by atoms with van der Waals surface area (Å²) in [5.74, 6) is 6.52. The van der Waals surface area contributed by atoms with Crippen molar-refractivity contribution in [2.75, 3.05) is 0 Å². The van der Waals surface area contributed by atoms with Crippen LogP contribution in [0.25, 0.3) is 0 Å². The lowest BCUT2D eigenvalue weighted by Crippen LogP contribution is -1.87. The summed E-state index contributed by atoms with van der Waals surface area (Å²) >= 11 is 0. The van der Waals surface area contributed by atoms with Crippen LogP contribution in [0.1, 0.15) is 13.3 Å². The SMILES string of the molecule is C=CC#CC(C)CC[SiH3]. The van der Waals surface area contributed by atoms with E-state index in [9.17, 15) is 0 Å². The summed E-state index contributed by atoms with van der Waals surface area (Å²) in [6, 6.07) is 1.35. The summed E-state index contributed by atoms with van der Waals surface area (Å²) in [5.41, 5.74) is 0. The van der Waals surface area contributed by atoms with E-state index in [1.807, 2.05) is 0 Å². The minimum atomic E-state index is 0.570. The summed E-state index contributed by atoms with van der Waals surface area (Å²) in [7, 11) is 1.30. The van der Waals surface area contributed by atoms with Gasteiger partial charge in [-0.25, -0.2) is 0 Å². The molecule has 0 aliphatic rings. The molecule has 0 amide bonds. The minimum absolute atomic E-state index is 0.570. The Morgan fingerprint density at radius 2 is 2.44 bits per heavy atom.